The Kier molecular flexibility index (Phi) is 8.35. The second-order valence-electron chi connectivity index (χ2n) is 5.98. The predicted octanol–water partition coefficient (Wildman–Crippen LogP) is 5.06. The lowest BCUT2D eigenvalue weighted by Gasteiger charge is -2.13. The maximum atomic E-state index is 11.4. The van der Waals surface area contributed by atoms with Gasteiger partial charge in [-0.2, -0.15) is 13.2 Å². The Hall–Kier alpha value is -1.52. The summed E-state index contributed by atoms with van der Waals surface area (Å²) >= 11 is 0. The molecule has 1 aromatic carbocycles. The van der Waals surface area contributed by atoms with Gasteiger partial charge in [0.1, 0.15) is 6.04 Å². The van der Waals surface area contributed by atoms with E-state index in [0.29, 0.717) is 5.41 Å². The largest absolute Gasteiger partial charge is 0.408 e. The number of benzene rings is 1. The molecule has 132 valence electrons. The van der Waals surface area contributed by atoms with E-state index in [2.05, 4.69) is 39.0 Å². The van der Waals surface area contributed by atoms with Crippen molar-refractivity contribution in [3.63, 3.8) is 0 Å². The van der Waals surface area contributed by atoms with Gasteiger partial charge in [-0.05, 0) is 44.6 Å². The van der Waals surface area contributed by atoms with Crippen molar-refractivity contribution in [1.82, 2.24) is 5.32 Å². The number of carbonyl (C=O) groups excluding carboxylic acids is 1. The van der Waals surface area contributed by atoms with Crippen molar-refractivity contribution in [1.29, 1.82) is 0 Å². The fraction of sp³-hybridized carbons (Fsp3) is 0.611. The first-order valence-corrected chi connectivity index (χ1v) is 7.94. The zero-order valence-electron chi connectivity index (χ0n) is 14.8. The van der Waals surface area contributed by atoms with Crippen LogP contribution in [0.1, 0.15) is 57.2 Å². The number of halogens is 3. The van der Waals surface area contributed by atoms with Crippen LogP contribution in [-0.4, -0.2) is 18.6 Å². The smallest absolute Gasteiger partial charge is 0.347 e. The van der Waals surface area contributed by atoms with E-state index in [-0.39, 0.29) is 6.41 Å². The van der Waals surface area contributed by atoms with Gasteiger partial charge in [0.05, 0.1) is 0 Å². The average Bonchev–Trinajstić information content (AvgIpc) is 3.19. The number of hydrogen-bond acceptors (Lipinski definition) is 1. The van der Waals surface area contributed by atoms with Crippen molar-refractivity contribution in [2.45, 2.75) is 72.0 Å². The van der Waals surface area contributed by atoms with Gasteiger partial charge in [-0.1, -0.05) is 50.1 Å². The van der Waals surface area contributed by atoms with E-state index < -0.39 is 12.2 Å². The third-order valence-electron chi connectivity index (χ3n) is 3.73. The minimum atomic E-state index is -4.33. The molecule has 1 aliphatic rings. The molecule has 0 aliphatic heterocycles. The molecule has 0 heterocycles. The number of nitrogens with one attached hydrogen (secondary N) is 1. The average molecular weight is 331 g/mol. The second kappa shape index (κ2) is 8.94. The van der Waals surface area contributed by atoms with Gasteiger partial charge >= 0.3 is 6.18 Å². The molecule has 0 radical (unpaired) electrons. The third kappa shape index (κ3) is 7.53. The number of carbonyl (C=O) groups is 1. The summed E-state index contributed by atoms with van der Waals surface area (Å²) in [6.07, 6.45) is -1.56. The van der Waals surface area contributed by atoms with Gasteiger partial charge in [-0.3, -0.25) is 4.79 Å². The summed E-state index contributed by atoms with van der Waals surface area (Å²) in [4.78, 5) is 9.45. The summed E-state index contributed by atoms with van der Waals surface area (Å²) in [5.41, 5.74) is 4.87. The molecule has 1 amide bonds. The highest BCUT2D eigenvalue weighted by molar-refractivity contribution is 5.46. The van der Waals surface area contributed by atoms with Crippen molar-refractivity contribution in [2.24, 2.45) is 0 Å². The topological polar surface area (TPSA) is 29.1 Å². The molecule has 1 aromatic rings. The highest BCUT2D eigenvalue weighted by Crippen LogP contribution is 2.47. The van der Waals surface area contributed by atoms with Gasteiger partial charge in [0.25, 0.3) is 0 Å². The Morgan fingerprint density at radius 2 is 1.57 bits per heavy atom. The third-order valence-corrected chi connectivity index (χ3v) is 3.73. The molecule has 1 N–H and O–H groups in total. The number of aryl methyl sites for hydroxylation is 2. The highest BCUT2D eigenvalue weighted by Gasteiger charge is 2.39. The van der Waals surface area contributed by atoms with Crippen LogP contribution in [-0.2, 0) is 10.2 Å². The van der Waals surface area contributed by atoms with Gasteiger partial charge in [0, 0.05) is 0 Å². The first-order chi connectivity index (χ1) is 10.6. The minimum Gasteiger partial charge on any atom is -0.347 e. The van der Waals surface area contributed by atoms with Crippen LogP contribution in [0.2, 0.25) is 0 Å². The molecule has 0 spiro atoms. The Balaban J connectivity index is 0.000000396. The summed E-state index contributed by atoms with van der Waals surface area (Å²) in [5.74, 6) is 0. The van der Waals surface area contributed by atoms with Gasteiger partial charge in [-0.15, -0.1) is 0 Å². The predicted molar refractivity (Wildman–Crippen MR) is 88.6 cm³/mol. The van der Waals surface area contributed by atoms with E-state index in [9.17, 15) is 18.0 Å². The Labute approximate surface area is 137 Å². The maximum Gasteiger partial charge on any atom is 0.408 e. The lowest BCUT2D eigenvalue weighted by atomic mass is 9.95. The normalized spacial score (nSPS) is 16.0. The molecule has 5 heteroatoms. The molecule has 1 unspecified atom stereocenters. The van der Waals surface area contributed by atoms with Crippen molar-refractivity contribution in [3.05, 3.63) is 34.9 Å². The van der Waals surface area contributed by atoms with Crippen molar-refractivity contribution in [2.75, 3.05) is 0 Å². The van der Waals surface area contributed by atoms with E-state index in [1.807, 2.05) is 13.8 Å². The SMILES string of the molecule is CC.CC(NC=O)C(F)(F)F.Cc1cc(C)cc(C2(C)CC2)c1. The fourth-order valence-electron chi connectivity index (χ4n) is 2.00. The Bertz CT molecular complexity index is 473. The molecule has 0 aromatic heterocycles. The molecular weight excluding hydrogens is 303 g/mol. The monoisotopic (exact) mass is 331 g/mol. The molecule has 1 atom stereocenters. The zero-order chi connectivity index (χ0) is 18.3. The second-order valence-corrected chi connectivity index (χ2v) is 5.98. The molecule has 23 heavy (non-hydrogen) atoms. The standard InChI is InChI=1S/C12H16.C4H6F3NO.C2H6/c1-9-6-10(2)8-11(7-9)12(3)4-5-12;1-3(8-2-9)4(5,6)7;1-2/h6-8H,4-5H2,1-3H3;2-3H,1H3,(H,8,9);1-2H3. The molecule has 0 saturated heterocycles. The highest BCUT2D eigenvalue weighted by atomic mass is 19.4. The molecule has 1 fully saturated rings. The van der Waals surface area contributed by atoms with Crippen LogP contribution in [0.15, 0.2) is 18.2 Å². The summed E-state index contributed by atoms with van der Waals surface area (Å²) < 4.78 is 34.2. The maximum absolute atomic E-state index is 11.4. The van der Waals surface area contributed by atoms with Gasteiger partial charge in [0.15, 0.2) is 0 Å². The summed E-state index contributed by atoms with van der Waals surface area (Å²) in [7, 11) is 0. The van der Waals surface area contributed by atoms with Crippen LogP contribution in [0.25, 0.3) is 0 Å². The number of hydrogen-bond donors (Lipinski definition) is 1. The summed E-state index contributed by atoms with van der Waals surface area (Å²) in [5, 5.41) is 1.58. The summed E-state index contributed by atoms with van der Waals surface area (Å²) in [6, 6.07) is 5.16. The fourth-order valence-corrected chi connectivity index (χ4v) is 2.00. The van der Waals surface area contributed by atoms with Crippen molar-refractivity contribution >= 4 is 6.41 Å². The summed E-state index contributed by atoms with van der Waals surface area (Å²) in [6.45, 7) is 11.6. The van der Waals surface area contributed by atoms with Crippen LogP contribution >= 0.6 is 0 Å². The van der Waals surface area contributed by atoms with Crippen LogP contribution < -0.4 is 5.32 Å². The van der Waals surface area contributed by atoms with E-state index in [1.165, 1.54) is 24.0 Å². The molecule has 0 bridgehead atoms. The zero-order valence-corrected chi connectivity index (χ0v) is 14.8. The number of rotatable bonds is 3. The number of amides is 1. The molecule has 1 aliphatic carbocycles. The van der Waals surface area contributed by atoms with Gasteiger partial charge in [-0.25, -0.2) is 0 Å². The van der Waals surface area contributed by atoms with Crippen LogP contribution in [0.4, 0.5) is 13.2 Å². The van der Waals surface area contributed by atoms with E-state index in [1.54, 1.807) is 10.9 Å². The van der Waals surface area contributed by atoms with Crippen LogP contribution in [0, 0.1) is 13.8 Å². The van der Waals surface area contributed by atoms with Gasteiger partial charge in [0.2, 0.25) is 6.41 Å². The minimum absolute atomic E-state index is 0.0259. The van der Waals surface area contributed by atoms with Crippen molar-refractivity contribution < 1.29 is 18.0 Å². The van der Waals surface area contributed by atoms with E-state index in [4.69, 9.17) is 0 Å². The lowest BCUT2D eigenvalue weighted by molar-refractivity contribution is -0.154. The molecule has 2 nitrogen and oxygen atoms in total. The molecule has 1 saturated carbocycles. The van der Waals surface area contributed by atoms with Crippen LogP contribution in [0.3, 0.4) is 0 Å². The van der Waals surface area contributed by atoms with Crippen LogP contribution in [0.5, 0.6) is 0 Å². The first kappa shape index (κ1) is 21.5. The lowest BCUT2D eigenvalue weighted by Crippen LogP contribution is -2.38. The number of alkyl halides is 3. The molecule has 2 rings (SSSR count). The Morgan fingerprint density at radius 3 is 1.83 bits per heavy atom. The molecular formula is C18H28F3NO. The van der Waals surface area contributed by atoms with E-state index >= 15 is 0 Å². The Morgan fingerprint density at radius 1 is 1.13 bits per heavy atom. The van der Waals surface area contributed by atoms with E-state index in [0.717, 1.165) is 6.92 Å². The quantitative estimate of drug-likeness (QED) is 0.770. The first-order valence-electron chi connectivity index (χ1n) is 7.94. The van der Waals surface area contributed by atoms with Crippen molar-refractivity contribution in [3.8, 4) is 0 Å². The van der Waals surface area contributed by atoms with Gasteiger partial charge < -0.3 is 5.32 Å².